The van der Waals surface area contributed by atoms with Crippen molar-refractivity contribution in [3.63, 3.8) is 0 Å². The zero-order chi connectivity index (χ0) is 19.7. The van der Waals surface area contributed by atoms with Crippen LogP contribution in [0.25, 0.3) is 11.1 Å². The number of amides is 1. The minimum absolute atomic E-state index is 0.262. The van der Waals surface area contributed by atoms with E-state index in [2.05, 4.69) is 4.98 Å². The fourth-order valence-electron chi connectivity index (χ4n) is 3.08. The molecule has 7 nitrogen and oxygen atoms in total. The average Bonchev–Trinajstić information content (AvgIpc) is 2.73. The average molecular weight is 379 g/mol. The highest BCUT2D eigenvalue weighted by Crippen LogP contribution is 2.32. The lowest BCUT2D eigenvalue weighted by atomic mass is 10.0. The lowest BCUT2D eigenvalue weighted by Crippen LogP contribution is -2.38. The number of fused-ring (bicyclic) bond motifs is 1. The molecular weight excluding hydrogens is 365 g/mol. The summed E-state index contributed by atoms with van der Waals surface area (Å²) in [6.07, 6.45) is 2.91. The molecule has 2 aromatic carbocycles. The number of halogens is 1. The smallest absolute Gasteiger partial charge is 0.305 e. The van der Waals surface area contributed by atoms with Crippen molar-refractivity contribution in [3.8, 4) is 16.9 Å². The number of nitrogens with zero attached hydrogens (tertiary/aromatic N) is 3. The van der Waals surface area contributed by atoms with Crippen molar-refractivity contribution in [3.05, 3.63) is 82.4 Å². The van der Waals surface area contributed by atoms with Gasteiger partial charge in [-0.25, -0.2) is 0 Å². The van der Waals surface area contributed by atoms with E-state index in [4.69, 9.17) is 4.74 Å². The first-order chi connectivity index (χ1) is 13.5. The fraction of sp³-hybridized carbons (Fsp3) is 0.100. The van der Waals surface area contributed by atoms with Crippen molar-refractivity contribution >= 4 is 17.3 Å². The zero-order valence-electron chi connectivity index (χ0n) is 14.5. The van der Waals surface area contributed by atoms with Gasteiger partial charge in [-0.05, 0) is 29.8 Å². The van der Waals surface area contributed by atoms with Gasteiger partial charge in [0.2, 0.25) is 5.82 Å². The van der Waals surface area contributed by atoms with Crippen molar-refractivity contribution in [2.45, 2.75) is 0 Å². The number of hydrogen-bond acceptors (Lipinski definition) is 5. The Morgan fingerprint density at radius 2 is 1.96 bits per heavy atom. The Hall–Kier alpha value is -3.81. The molecule has 0 fully saturated rings. The van der Waals surface area contributed by atoms with Gasteiger partial charge in [0, 0.05) is 24.0 Å². The van der Waals surface area contributed by atoms with Gasteiger partial charge >= 0.3 is 5.69 Å². The molecule has 0 unspecified atom stereocenters. The molecule has 0 atom stereocenters. The van der Waals surface area contributed by atoms with E-state index in [1.165, 1.54) is 18.5 Å². The number of rotatable bonds is 3. The van der Waals surface area contributed by atoms with E-state index >= 15 is 0 Å². The van der Waals surface area contributed by atoms with Crippen LogP contribution in [0.3, 0.4) is 0 Å². The molecule has 0 spiro atoms. The first-order valence-electron chi connectivity index (χ1n) is 8.47. The zero-order valence-corrected chi connectivity index (χ0v) is 14.5. The summed E-state index contributed by atoms with van der Waals surface area (Å²) >= 11 is 0. The van der Waals surface area contributed by atoms with E-state index in [-0.39, 0.29) is 5.91 Å². The Morgan fingerprint density at radius 3 is 2.79 bits per heavy atom. The Kier molecular flexibility index (Phi) is 4.44. The molecule has 4 rings (SSSR count). The Bertz CT molecular complexity index is 1090. The van der Waals surface area contributed by atoms with E-state index in [1.54, 1.807) is 23.1 Å². The monoisotopic (exact) mass is 379 g/mol. The number of nitro benzene ring substituents is 1. The van der Waals surface area contributed by atoms with Crippen LogP contribution in [0.5, 0.6) is 5.75 Å². The molecule has 1 aliphatic rings. The molecule has 3 aromatic rings. The Balaban J connectivity index is 1.70. The maximum atomic E-state index is 13.6. The van der Waals surface area contributed by atoms with E-state index in [9.17, 15) is 19.3 Å². The number of benzene rings is 2. The molecule has 0 aliphatic carbocycles. The molecule has 1 amide bonds. The van der Waals surface area contributed by atoms with Gasteiger partial charge in [-0.2, -0.15) is 4.39 Å². The van der Waals surface area contributed by atoms with Crippen LogP contribution in [-0.4, -0.2) is 29.0 Å². The van der Waals surface area contributed by atoms with E-state index in [1.807, 2.05) is 12.1 Å². The highest BCUT2D eigenvalue weighted by molar-refractivity contribution is 6.07. The Morgan fingerprint density at radius 1 is 1.14 bits per heavy atom. The first kappa shape index (κ1) is 17.6. The predicted octanol–water partition coefficient (Wildman–Crippen LogP) is 3.84. The summed E-state index contributed by atoms with van der Waals surface area (Å²) in [4.78, 5) is 28.9. The third-order valence-corrected chi connectivity index (χ3v) is 4.44. The molecule has 2 heterocycles. The summed E-state index contributed by atoms with van der Waals surface area (Å²) in [5.74, 6) is -0.555. The molecule has 0 saturated carbocycles. The van der Waals surface area contributed by atoms with Crippen molar-refractivity contribution in [2.24, 2.45) is 0 Å². The van der Waals surface area contributed by atoms with E-state index in [0.29, 0.717) is 41.3 Å². The number of ether oxygens (including phenoxy) is 1. The highest BCUT2D eigenvalue weighted by atomic mass is 19.1. The summed E-state index contributed by atoms with van der Waals surface area (Å²) in [6, 6.07) is 12.4. The quantitative estimate of drug-likeness (QED) is 0.510. The summed E-state index contributed by atoms with van der Waals surface area (Å²) in [5, 5.41) is 11.0. The molecule has 140 valence electrons. The second-order valence-corrected chi connectivity index (χ2v) is 6.16. The third kappa shape index (κ3) is 3.16. The minimum Gasteiger partial charge on any atom is -0.490 e. The van der Waals surface area contributed by atoms with Crippen molar-refractivity contribution in [1.82, 2.24) is 4.98 Å². The normalized spacial score (nSPS) is 12.8. The van der Waals surface area contributed by atoms with Crippen LogP contribution in [0.1, 0.15) is 10.4 Å². The molecule has 0 bridgehead atoms. The highest BCUT2D eigenvalue weighted by Gasteiger charge is 2.25. The van der Waals surface area contributed by atoms with E-state index < -0.39 is 16.4 Å². The largest absolute Gasteiger partial charge is 0.490 e. The van der Waals surface area contributed by atoms with Gasteiger partial charge in [0.1, 0.15) is 12.4 Å². The van der Waals surface area contributed by atoms with Gasteiger partial charge in [0.15, 0.2) is 0 Å². The SMILES string of the molecule is O=C(c1cncc(-c2ccc(F)c([N+](=O)[O-])c2)c1)N1CCOc2ccccc21. The molecular formula is C20H14FN3O4. The van der Waals surface area contributed by atoms with E-state index in [0.717, 1.165) is 12.1 Å². The van der Waals surface area contributed by atoms with Crippen LogP contribution in [0.4, 0.5) is 15.8 Å². The summed E-state index contributed by atoms with van der Waals surface area (Å²) in [6.45, 7) is 0.766. The fourth-order valence-corrected chi connectivity index (χ4v) is 3.08. The van der Waals surface area contributed by atoms with Crippen LogP contribution in [0.15, 0.2) is 60.9 Å². The molecule has 0 saturated heterocycles. The lowest BCUT2D eigenvalue weighted by molar-refractivity contribution is -0.387. The number of carbonyl (C=O) groups excluding carboxylic acids is 1. The lowest BCUT2D eigenvalue weighted by Gasteiger charge is -2.29. The number of carbonyl (C=O) groups is 1. The first-order valence-corrected chi connectivity index (χ1v) is 8.47. The van der Waals surface area contributed by atoms with Crippen LogP contribution in [-0.2, 0) is 0 Å². The summed E-state index contributed by atoms with van der Waals surface area (Å²) < 4.78 is 19.2. The second kappa shape index (κ2) is 7.07. The predicted molar refractivity (Wildman–Crippen MR) is 99.9 cm³/mol. The number of hydrogen-bond donors (Lipinski definition) is 0. The Labute approximate surface area is 159 Å². The van der Waals surface area contributed by atoms with Crippen LogP contribution >= 0.6 is 0 Å². The maximum Gasteiger partial charge on any atom is 0.305 e. The topological polar surface area (TPSA) is 85.6 Å². The van der Waals surface area contributed by atoms with Crippen LogP contribution in [0.2, 0.25) is 0 Å². The van der Waals surface area contributed by atoms with Gasteiger partial charge in [-0.3, -0.25) is 19.9 Å². The van der Waals surface area contributed by atoms with Gasteiger partial charge < -0.3 is 9.64 Å². The number of para-hydroxylation sites is 2. The standard InChI is InChI=1S/C20H14FN3O4/c21-16-6-5-13(10-18(16)24(26)27)14-9-15(12-22-11-14)20(25)23-7-8-28-19-4-2-1-3-17(19)23/h1-6,9-12H,7-8H2. The summed E-state index contributed by atoms with van der Waals surface area (Å²) in [5.41, 5.74) is 1.24. The molecule has 0 N–H and O–H groups in total. The number of nitro groups is 1. The maximum absolute atomic E-state index is 13.6. The second-order valence-electron chi connectivity index (χ2n) is 6.16. The molecule has 0 radical (unpaired) electrons. The molecule has 1 aromatic heterocycles. The molecule has 28 heavy (non-hydrogen) atoms. The van der Waals surface area contributed by atoms with Crippen LogP contribution < -0.4 is 9.64 Å². The van der Waals surface area contributed by atoms with Gasteiger partial charge in [-0.1, -0.05) is 18.2 Å². The number of pyridine rings is 1. The van der Waals surface area contributed by atoms with Gasteiger partial charge in [0.05, 0.1) is 22.7 Å². The van der Waals surface area contributed by atoms with Gasteiger partial charge in [-0.15, -0.1) is 0 Å². The number of aromatic nitrogens is 1. The van der Waals surface area contributed by atoms with Crippen LogP contribution in [0, 0.1) is 15.9 Å². The molecule has 1 aliphatic heterocycles. The van der Waals surface area contributed by atoms with Crippen molar-refractivity contribution in [2.75, 3.05) is 18.1 Å². The third-order valence-electron chi connectivity index (χ3n) is 4.44. The molecule has 8 heteroatoms. The minimum atomic E-state index is -0.918. The van der Waals surface area contributed by atoms with Crippen molar-refractivity contribution < 1.29 is 18.8 Å². The van der Waals surface area contributed by atoms with Crippen molar-refractivity contribution in [1.29, 1.82) is 0 Å². The van der Waals surface area contributed by atoms with Gasteiger partial charge in [0.25, 0.3) is 5.91 Å². The number of anilines is 1. The summed E-state index contributed by atoms with van der Waals surface area (Å²) in [7, 11) is 0.